The Balaban J connectivity index is 1.23. The molecular formula is C24H20N4O5S. The highest BCUT2D eigenvalue weighted by Gasteiger charge is 2.16. The Labute approximate surface area is 198 Å². The molecule has 3 heterocycles. The molecule has 5 rings (SSSR count). The number of carbonyl (C=O) groups excluding carboxylic acids is 2. The Morgan fingerprint density at radius 1 is 1.06 bits per heavy atom. The molecule has 2 N–H and O–H groups in total. The number of amides is 3. The van der Waals surface area contributed by atoms with Crippen LogP contribution in [0, 0.1) is 0 Å². The van der Waals surface area contributed by atoms with E-state index in [9.17, 15) is 14.4 Å². The van der Waals surface area contributed by atoms with Crippen LogP contribution in [0.3, 0.4) is 0 Å². The van der Waals surface area contributed by atoms with Gasteiger partial charge in [-0.25, -0.2) is 9.78 Å². The molecule has 0 bridgehead atoms. The third-order valence-corrected chi connectivity index (χ3v) is 6.16. The van der Waals surface area contributed by atoms with Gasteiger partial charge in [0.25, 0.3) is 5.56 Å². The number of nitrogens with zero attached hydrogens (tertiary/aromatic N) is 2. The first kappa shape index (κ1) is 21.7. The van der Waals surface area contributed by atoms with Gasteiger partial charge in [-0.05, 0) is 17.7 Å². The summed E-state index contributed by atoms with van der Waals surface area (Å²) in [6.07, 6.45) is 1.37. The maximum atomic E-state index is 13.1. The average molecular weight is 477 g/mol. The SMILES string of the molecule is O=C(CCn1cnc2scc(-c3ccccc3)c2c1=O)NC(=O)Nc1ccc2c(c1)OCCO2. The predicted octanol–water partition coefficient (Wildman–Crippen LogP) is 3.63. The highest BCUT2D eigenvalue weighted by atomic mass is 32.1. The van der Waals surface area contributed by atoms with E-state index in [0.717, 1.165) is 11.1 Å². The molecule has 0 saturated carbocycles. The van der Waals surface area contributed by atoms with Crippen molar-refractivity contribution in [2.24, 2.45) is 0 Å². The molecule has 1 aliphatic rings. The van der Waals surface area contributed by atoms with Crippen molar-refractivity contribution in [2.75, 3.05) is 18.5 Å². The van der Waals surface area contributed by atoms with E-state index in [1.165, 1.54) is 22.2 Å². The van der Waals surface area contributed by atoms with Crippen molar-refractivity contribution in [2.45, 2.75) is 13.0 Å². The number of anilines is 1. The van der Waals surface area contributed by atoms with Crippen LogP contribution in [0.1, 0.15) is 6.42 Å². The number of rotatable bonds is 5. The van der Waals surface area contributed by atoms with E-state index in [1.54, 1.807) is 18.2 Å². The number of benzene rings is 2. The van der Waals surface area contributed by atoms with Crippen molar-refractivity contribution in [1.82, 2.24) is 14.9 Å². The molecule has 2 aromatic heterocycles. The predicted molar refractivity (Wildman–Crippen MR) is 129 cm³/mol. The molecule has 172 valence electrons. The van der Waals surface area contributed by atoms with Crippen molar-refractivity contribution in [3.05, 3.63) is 70.6 Å². The standard InChI is InChI=1S/C24H20N4O5S/c29-20(27-24(31)26-16-6-7-18-19(12-16)33-11-10-32-18)8-9-28-14-25-22-21(23(28)30)17(13-34-22)15-4-2-1-3-5-15/h1-7,12-14H,8-11H2,(H2,26,27,29,31). The number of fused-ring (bicyclic) bond motifs is 2. The van der Waals surface area contributed by atoms with E-state index < -0.39 is 11.9 Å². The molecule has 34 heavy (non-hydrogen) atoms. The molecule has 2 aromatic carbocycles. The third kappa shape index (κ3) is 4.48. The molecule has 0 atom stereocenters. The highest BCUT2D eigenvalue weighted by molar-refractivity contribution is 7.17. The van der Waals surface area contributed by atoms with Gasteiger partial charge in [-0.1, -0.05) is 30.3 Å². The van der Waals surface area contributed by atoms with Gasteiger partial charge in [-0.15, -0.1) is 11.3 Å². The zero-order chi connectivity index (χ0) is 23.5. The average Bonchev–Trinajstić information content (AvgIpc) is 3.29. The summed E-state index contributed by atoms with van der Waals surface area (Å²) < 4.78 is 12.3. The molecule has 0 radical (unpaired) electrons. The van der Waals surface area contributed by atoms with Crippen LogP contribution in [-0.2, 0) is 11.3 Å². The second-order valence-electron chi connectivity index (χ2n) is 7.55. The molecule has 9 nitrogen and oxygen atoms in total. The molecular weight excluding hydrogens is 456 g/mol. The van der Waals surface area contributed by atoms with E-state index in [4.69, 9.17) is 9.47 Å². The largest absolute Gasteiger partial charge is 0.486 e. The van der Waals surface area contributed by atoms with Crippen molar-refractivity contribution in [3.63, 3.8) is 0 Å². The zero-order valence-corrected chi connectivity index (χ0v) is 18.8. The Morgan fingerprint density at radius 3 is 2.68 bits per heavy atom. The lowest BCUT2D eigenvalue weighted by molar-refractivity contribution is -0.120. The summed E-state index contributed by atoms with van der Waals surface area (Å²) in [5, 5.41) is 7.30. The Morgan fingerprint density at radius 2 is 1.85 bits per heavy atom. The number of carbonyl (C=O) groups is 2. The molecule has 0 fully saturated rings. The van der Waals surface area contributed by atoms with Gasteiger partial charge in [-0.2, -0.15) is 0 Å². The lowest BCUT2D eigenvalue weighted by Crippen LogP contribution is -2.35. The lowest BCUT2D eigenvalue weighted by Gasteiger charge is -2.19. The number of hydrogen-bond acceptors (Lipinski definition) is 7. The quantitative estimate of drug-likeness (QED) is 0.455. The van der Waals surface area contributed by atoms with Crippen molar-refractivity contribution in [3.8, 4) is 22.6 Å². The number of urea groups is 1. The first-order valence-corrected chi connectivity index (χ1v) is 11.5. The number of hydrogen-bond donors (Lipinski definition) is 2. The third-order valence-electron chi connectivity index (χ3n) is 5.28. The second-order valence-corrected chi connectivity index (χ2v) is 8.41. The van der Waals surface area contributed by atoms with Crippen molar-refractivity contribution >= 4 is 39.2 Å². The van der Waals surface area contributed by atoms with Crippen LogP contribution in [0.5, 0.6) is 11.5 Å². The fraction of sp³-hybridized carbons (Fsp3) is 0.167. The minimum absolute atomic E-state index is 0.0630. The normalized spacial score (nSPS) is 12.4. The number of imide groups is 1. The van der Waals surface area contributed by atoms with E-state index in [0.29, 0.717) is 40.6 Å². The summed E-state index contributed by atoms with van der Waals surface area (Å²) >= 11 is 1.40. The number of thiophene rings is 1. The Hall–Kier alpha value is -4.18. The molecule has 0 spiro atoms. The summed E-state index contributed by atoms with van der Waals surface area (Å²) in [7, 11) is 0. The van der Waals surface area contributed by atoms with Gasteiger partial charge in [0.15, 0.2) is 11.5 Å². The topological polar surface area (TPSA) is 112 Å². The van der Waals surface area contributed by atoms with Gasteiger partial charge in [0.1, 0.15) is 18.0 Å². The van der Waals surface area contributed by atoms with Crippen molar-refractivity contribution in [1.29, 1.82) is 0 Å². The van der Waals surface area contributed by atoms with Gasteiger partial charge in [0.05, 0.1) is 11.7 Å². The number of aromatic nitrogens is 2. The molecule has 1 aliphatic heterocycles. The van der Waals surface area contributed by atoms with E-state index >= 15 is 0 Å². The molecule has 0 saturated heterocycles. The maximum absolute atomic E-state index is 13.1. The van der Waals surface area contributed by atoms with Gasteiger partial charge in [-0.3, -0.25) is 19.5 Å². The molecule has 4 aromatic rings. The Kier molecular flexibility index (Phi) is 5.96. The van der Waals surface area contributed by atoms with Crippen LogP contribution in [0.2, 0.25) is 0 Å². The summed E-state index contributed by atoms with van der Waals surface area (Å²) in [5.74, 6) is 0.613. The van der Waals surface area contributed by atoms with Crippen LogP contribution in [-0.4, -0.2) is 34.7 Å². The minimum atomic E-state index is -0.674. The lowest BCUT2D eigenvalue weighted by atomic mass is 10.1. The zero-order valence-electron chi connectivity index (χ0n) is 17.9. The van der Waals surface area contributed by atoms with Gasteiger partial charge in [0.2, 0.25) is 5.91 Å². The molecule has 0 aliphatic carbocycles. The first-order chi connectivity index (χ1) is 16.6. The monoisotopic (exact) mass is 476 g/mol. The van der Waals surface area contributed by atoms with Crippen LogP contribution < -0.4 is 25.7 Å². The first-order valence-electron chi connectivity index (χ1n) is 10.6. The minimum Gasteiger partial charge on any atom is -0.486 e. The van der Waals surface area contributed by atoms with Crippen LogP contribution in [0.15, 0.2) is 65.0 Å². The summed E-state index contributed by atoms with van der Waals surface area (Å²) in [6.45, 7) is 0.995. The van der Waals surface area contributed by atoms with E-state index in [1.807, 2.05) is 35.7 Å². The fourth-order valence-electron chi connectivity index (χ4n) is 3.65. The number of ether oxygens (including phenoxy) is 2. The maximum Gasteiger partial charge on any atom is 0.325 e. The summed E-state index contributed by atoms with van der Waals surface area (Å²) in [5.41, 5.74) is 1.99. The van der Waals surface area contributed by atoms with E-state index in [-0.39, 0.29) is 18.5 Å². The Bertz CT molecular complexity index is 1430. The fourth-order valence-corrected chi connectivity index (χ4v) is 4.56. The molecule has 0 unspecified atom stereocenters. The summed E-state index contributed by atoms with van der Waals surface area (Å²) in [4.78, 5) is 42.6. The number of nitrogens with one attached hydrogen (secondary N) is 2. The van der Waals surface area contributed by atoms with Gasteiger partial charge >= 0.3 is 6.03 Å². The van der Waals surface area contributed by atoms with Crippen LogP contribution >= 0.6 is 11.3 Å². The molecule has 10 heteroatoms. The highest BCUT2D eigenvalue weighted by Crippen LogP contribution is 2.32. The van der Waals surface area contributed by atoms with Crippen LogP contribution in [0.25, 0.3) is 21.3 Å². The van der Waals surface area contributed by atoms with E-state index in [2.05, 4.69) is 15.6 Å². The van der Waals surface area contributed by atoms with Crippen molar-refractivity contribution < 1.29 is 19.1 Å². The molecule has 3 amide bonds. The van der Waals surface area contributed by atoms with Gasteiger partial charge in [0, 0.05) is 35.7 Å². The van der Waals surface area contributed by atoms with Gasteiger partial charge < -0.3 is 14.8 Å². The smallest absolute Gasteiger partial charge is 0.325 e. The number of aryl methyl sites for hydroxylation is 1. The second kappa shape index (κ2) is 9.36. The van der Waals surface area contributed by atoms with Crippen LogP contribution in [0.4, 0.5) is 10.5 Å². The summed E-state index contributed by atoms with van der Waals surface area (Å²) in [6, 6.07) is 13.9.